The summed E-state index contributed by atoms with van der Waals surface area (Å²) in [6.07, 6.45) is 2.31. The Hall–Kier alpha value is -3.73. The lowest BCUT2D eigenvalue weighted by Gasteiger charge is -2.41. The highest BCUT2D eigenvalue weighted by molar-refractivity contribution is 7.82. The number of amides is 1. The SMILES string of the molecule is CC.CC.CN(C)S(=O)c1ccc(Nc2nn(C3(CC#N)CCN(C(=O)OC(C)(C)C)CC3)c3cc[nH]c(=O)c23)cc1.CO. The van der Waals surface area contributed by atoms with E-state index < -0.39 is 22.1 Å². The molecule has 1 fully saturated rings. The maximum atomic E-state index is 12.9. The van der Waals surface area contributed by atoms with Crippen molar-refractivity contribution >= 4 is 39.5 Å². The Labute approximate surface area is 263 Å². The molecule has 1 atom stereocenters. The molecule has 1 unspecified atom stereocenters. The van der Waals surface area contributed by atoms with E-state index in [9.17, 15) is 19.1 Å². The summed E-state index contributed by atoms with van der Waals surface area (Å²) in [5.41, 5.74) is -0.334. The third kappa shape index (κ3) is 9.38. The minimum Gasteiger partial charge on any atom is -0.444 e. The molecular formula is C31H49N7O5S. The Morgan fingerprint density at radius 3 is 2.20 bits per heavy atom. The zero-order chi connectivity index (χ0) is 33.7. The molecule has 13 heteroatoms. The van der Waals surface area contributed by atoms with Gasteiger partial charge in [0.05, 0.1) is 28.4 Å². The molecule has 1 amide bonds. The maximum absolute atomic E-state index is 12.9. The number of fused-ring (bicyclic) bond motifs is 1. The topological polar surface area (TPSA) is 157 Å². The summed E-state index contributed by atoms with van der Waals surface area (Å²) in [7, 11) is 3.20. The average molecular weight is 632 g/mol. The van der Waals surface area contributed by atoms with E-state index in [2.05, 4.69) is 16.4 Å². The number of pyridine rings is 1. The Balaban J connectivity index is 0.00000152. The fraction of sp³-hybridized carbons (Fsp3) is 0.548. The van der Waals surface area contributed by atoms with E-state index in [0.717, 1.165) is 7.11 Å². The van der Waals surface area contributed by atoms with Crippen LogP contribution in [-0.2, 0) is 21.3 Å². The Morgan fingerprint density at radius 2 is 1.70 bits per heavy atom. The van der Waals surface area contributed by atoms with Gasteiger partial charge in [-0.15, -0.1) is 0 Å². The summed E-state index contributed by atoms with van der Waals surface area (Å²) in [4.78, 5) is 30.6. The van der Waals surface area contributed by atoms with Gasteiger partial charge in [-0.25, -0.2) is 13.3 Å². The standard InChI is InChI=1S/C26H33N7O4S.2C2H6.CH4O/c1-25(2,3)37-24(35)32-16-12-26(11-14-27,13-17-32)33-20-10-15-28-23(34)21(20)22(30-33)29-18-6-8-19(9-7-18)38(36)31(4)5;3*1-2/h6-10,15H,11-13,16-17H2,1-5H3,(H,28,34)(H,29,30);2*1-2H3;2H,1H3. The zero-order valence-corrected chi connectivity index (χ0v) is 28.5. The third-order valence-electron chi connectivity index (χ3n) is 6.46. The smallest absolute Gasteiger partial charge is 0.410 e. The molecule has 12 nitrogen and oxygen atoms in total. The molecule has 0 aliphatic carbocycles. The normalized spacial score (nSPS) is 14.5. The van der Waals surface area contributed by atoms with Gasteiger partial charge in [0.1, 0.15) is 22.0 Å². The van der Waals surface area contributed by atoms with E-state index in [4.69, 9.17) is 14.9 Å². The molecule has 0 bridgehead atoms. The first-order valence-electron chi connectivity index (χ1n) is 14.8. The van der Waals surface area contributed by atoms with Gasteiger partial charge in [0.2, 0.25) is 0 Å². The van der Waals surface area contributed by atoms with Crippen LogP contribution in [0, 0.1) is 11.3 Å². The number of aliphatic hydroxyl groups excluding tert-OH is 1. The number of benzene rings is 1. The number of nitrogens with zero attached hydrogens (tertiary/aromatic N) is 5. The number of likely N-dealkylation sites (tertiary alicyclic amines) is 1. The molecule has 1 saturated heterocycles. The van der Waals surface area contributed by atoms with Crippen molar-refractivity contribution in [2.45, 2.75) is 83.8 Å². The van der Waals surface area contributed by atoms with Gasteiger partial charge in [-0.2, -0.15) is 10.4 Å². The Kier molecular flexibility index (Phi) is 15.3. The number of piperidine rings is 1. The Morgan fingerprint density at radius 1 is 1.14 bits per heavy atom. The first-order valence-corrected chi connectivity index (χ1v) is 15.9. The monoisotopic (exact) mass is 631 g/mol. The summed E-state index contributed by atoms with van der Waals surface area (Å²) in [6, 6.07) is 11.1. The first-order chi connectivity index (χ1) is 20.9. The fourth-order valence-corrected chi connectivity index (χ4v) is 5.36. The minimum atomic E-state index is -1.27. The second-order valence-electron chi connectivity index (χ2n) is 10.6. The molecule has 0 spiro atoms. The van der Waals surface area contributed by atoms with Crippen LogP contribution in [0.3, 0.4) is 0 Å². The molecule has 0 radical (unpaired) electrons. The van der Waals surface area contributed by atoms with Crippen LogP contribution in [0.2, 0.25) is 0 Å². The summed E-state index contributed by atoms with van der Waals surface area (Å²) in [5, 5.41) is 25.1. The lowest BCUT2D eigenvalue weighted by Crippen LogP contribution is -2.49. The van der Waals surface area contributed by atoms with Gasteiger partial charge in [0.25, 0.3) is 5.56 Å². The number of aliphatic hydroxyl groups is 1. The average Bonchev–Trinajstić information content (AvgIpc) is 3.40. The van der Waals surface area contributed by atoms with E-state index in [1.165, 1.54) is 0 Å². The minimum absolute atomic E-state index is 0.170. The zero-order valence-electron chi connectivity index (χ0n) is 27.7. The molecule has 2 aromatic heterocycles. The molecule has 1 aromatic carbocycles. The molecule has 3 aromatic rings. The maximum Gasteiger partial charge on any atom is 0.410 e. The number of hydrogen-bond donors (Lipinski definition) is 3. The van der Waals surface area contributed by atoms with Crippen LogP contribution < -0.4 is 10.9 Å². The Bertz CT molecular complexity index is 1450. The number of anilines is 2. The molecule has 1 aliphatic heterocycles. The van der Waals surface area contributed by atoms with Crippen LogP contribution in [0.15, 0.2) is 46.2 Å². The van der Waals surface area contributed by atoms with Gasteiger partial charge >= 0.3 is 6.09 Å². The third-order valence-corrected chi connectivity index (χ3v) is 7.80. The van der Waals surface area contributed by atoms with Gasteiger partial charge < -0.3 is 25.0 Å². The summed E-state index contributed by atoms with van der Waals surface area (Å²) >= 11 is 0. The summed E-state index contributed by atoms with van der Waals surface area (Å²) in [5.74, 6) is 0.357. The van der Waals surface area contributed by atoms with Crippen molar-refractivity contribution in [1.29, 1.82) is 5.26 Å². The van der Waals surface area contributed by atoms with Crippen molar-refractivity contribution in [1.82, 2.24) is 24.0 Å². The van der Waals surface area contributed by atoms with Gasteiger partial charge in [-0.3, -0.25) is 9.48 Å². The fourth-order valence-electron chi connectivity index (χ4n) is 4.57. The second kappa shape index (κ2) is 17.5. The lowest BCUT2D eigenvalue weighted by molar-refractivity contribution is 0.0110. The highest BCUT2D eigenvalue weighted by Gasteiger charge is 2.41. The van der Waals surface area contributed by atoms with E-state index in [-0.39, 0.29) is 18.1 Å². The number of nitrogens with one attached hydrogen (secondary N) is 2. The largest absolute Gasteiger partial charge is 0.444 e. The van der Waals surface area contributed by atoms with Crippen LogP contribution >= 0.6 is 0 Å². The molecular weight excluding hydrogens is 582 g/mol. The predicted molar refractivity (Wildman–Crippen MR) is 176 cm³/mol. The van der Waals surface area contributed by atoms with Crippen LogP contribution in [-0.4, -0.2) is 79.3 Å². The molecule has 44 heavy (non-hydrogen) atoms. The number of aromatic nitrogens is 3. The summed E-state index contributed by atoms with van der Waals surface area (Å²) < 4.78 is 21.2. The number of rotatable bonds is 6. The quantitative estimate of drug-likeness (QED) is 0.329. The molecule has 4 rings (SSSR count). The number of hydrogen-bond acceptors (Lipinski definition) is 8. The van der Waals surface area contributed by atoms with Crippen molar-refractivity contribution in [3.63, 3.8) is 0 Å². The van der Waals surface area contributed by atoms with Gasteiger partial charge in [0.15, 0.2) is 5.82 Å². The van der Waals surface area contributed by atoms with Crippen LogP contribution in [0.25, 0.3) is 10.9 Å². The molecule has 244 valence electrons. The highest BCUT2D eigenvalue weighted by Crippen LogP contribution is 2.37. The van der Waals surface area contributed by atoms with Crippen molar-refractivity contribution in [3.8, 4) is 6.07 Å². The van der Waals surface area contributed by atoms with E-state index in [1.54, 1.807) is 64.5 Å². The second-order valence-corrected chi connectivity index (χ2v) is 12.3. The highest BCUT2D eigenvalue weighted by atomic mass is 32.2. The van der Waals surface area contributed by atoms with Crippen molar-refractivity contribution in [2.75, 3.05) is 39.6 Å². The van der Waals surface area contributed by atoms with Crippen LogP contribution in [0.4, 0.5) is 16.3 Å². The molecule has 3 N–H and O–H groups in total. The van der Waals surface area contributed by atoms with Crippen molar-refractivity contribution in [3.05, 3.63) is 46.9 Å². The van der Waals surface area contributed by atoms with Crippen molar-refractivity contribution < 1.29 is 18.8 Å². The number of carbonyl (C=O) groups excluding carboxylic acids is 1. The van der Waals surface area contributed by atoms with E-state index in [0.29, 0.717) is 53.2 Å². The number of carbonyl (C=O) groups is 1. The number of ether oxygens (including phenoxy) is 1. The van der Waals surface area contributed by atoms with Crippen LogP contribution in [0.1, 0.15) is 67.7 Å². The van der Waals surface area contributed by atoms with Gasteiger partial charge in [0, 0.05) is 32.1 Å². The van der Waals surface area contributed by atoms with Gasteiger partial charge in [-0.05, 0) is 78.0 Å². The van der Waals surface area contributed by atoms with Crippen molar-refractivity contribution in [2.24, 2.45) is 0 Å². The number of nitriles is 1. The predicted octanol–water partition coefficient (Wildman–Crippen LogP) is 5.35. The van der Waals surface area contributed by atoms with Gasteiger partial charge in [-0.1, -0.05) is 27.7 Å². The van der Waals surface area contributed by atoms with E-state index in [1.807, 2.05) is 48.5 Å². The number of H-pyrrole nitrogens is 1. The molecule has 1 aliphatic rings. The molecule has 3 heterocycles. The molecule has 0 saturated carbocycles. The summed E-state index contributed by atoms with van der Waals surface area (Å²) in [6.45, 7) is 14.3. The van der Waals surface area contributed by atoms with E-state index >= 15 is 0 Å². The lowest BCUT2D eigenvalue weighted by atomic mass is 9.85. The van der Waals surface area contributed by atoms with Crippen LogP contribution in [0.5, 0.6) is 0 Å². The first kappa shape index (κ1) is 38.3. The number of aromatic amines is 1.